The van der Waals surface area contributed by atoms with Gasteiger partial charge in [0.2, 0.25) is 0 Å². The summed E-state index contributed by atoms with van der Waals surface area (Å²) in [6.45, 7) is 4.29. The molecule has 0 aromatic rings. The predicted molar refractivity (Wildman–Crippen MR) is 69.4 cm³/mol. The van der Waals surface area contributed by atoms with Crippen LogP contribution in [0, 0.1) is 11.8 Å². The Morgan fingerprint density at radius 1 is 1.33 bits per heavy atom. The summed E-state index contributed by atoms with van der Waals surface area (Å²) in [4.78, 5) is 24.5. The molecular weight excluding hydrogens is 232 g/mol. The fourth-order valence-electron chi connectivity index (χ4n) is 2.42. The van der Waals surface area contributed by atoms with Crippen molar-refractivity contribution in [2.24, 2.45) is 11.8 Å². The molecule has 0 bridgehead atoms. The van der Waals surface area contributed by atoms with Crippen molar-refractivity contribution in [1.29, 1.82) is 0 Å². The summed E-state index contributed by atoms with van der Waals surface area (Å²) in [5, 5.41) is 11.6. The number of carbonyl (C=O) groups excluding carboxylic acids is 1. The van der Waals surface area contributed by atoms with E-state index in [1.54, 1.807) is 25.8 Å². The van der Waals surface area contributed by atoms with Crippen LogP contribution in [0.25, 0.3) is 0 Å². The smallest absolute Gasteiger partial charge is 0.326 e. The number of carboxylic acid groups (broad SMARTS) is 1. The molecule has 1 aliphatic carbocycles. The van der Waals surface area contributed by atoms with Crippen LogP contribution in [-0.2, 0) is 4.79 Å². The molecule has 0 aliphatic heterocycles. The Balaban J connectivity index is 2.44. The molecule has 18 heavy (non-hydrogen) atoms. The summed E-state index contributed by atoms with van der Waals surface area (Å²) in [6, 6.07) is -1.11. The van der Waals surface area contributed by atoms with Gasteiger partial charge in [-0.3, -0.25) is 0 Å². The predicted octanol–water partition coefficient (Wildman–Crippen LogP) is 1.93. The Morgan fingerprint density at radius 2 is 1.89 bits per heavy atom. The Morgan fingerprint density at radius 3 is 2.33 bits per heavy atom. The molecule has 1 atom stereocenters. The van der Waals surface area contributed by atoms with Crippen LogP contribution >= 0.6 is 0 Å². The second kappa shape index (κ2) is 6.61. The third-order valence-corrected chi connectivity index (χ3v) is 3.57. The van der Waals surface area contributed by atoms with E-state index in [1.807, 2.05) is 0 Å². The van der Waals surface area contributed by atoms with Gasteiger partial charge in [0.05, 0.1) is 0 Å². The van der Waals surface area contributed by atoms with Crippen molar-refractivity contribution >= 4 is 12.0 Å². The molecule has 5 heteroatoms. The number of nitrogens with one attached hydrogen (secondary N) is 1. The third kappa shape index (κ3) is 4.20. The summed E-state index contributed by atoms with van der Waals surface area (Å²) in [6.07, 6.45) is 4.82. The highest BCUT2D eigenvalue weighted by atomic mass is 16.4. The first-order valence-electron chi connectivity index (χ1n) is 6.66. The number of urea groups is 1. The third-order valence-electron chi connectivity index (χ3n) is 3.57. The normalized spacial score (nSPS) is 17.8. The van der Waals surface area contributed by atoms with E-state index in [9.17, 15) is 9.59 Å². The zero-order valence-corrected chi connectivity index (χ0v) is 11.5. The van der Waals surface area contributed by atoms with E-state index in [0.29, 0.717) is 5.92 Å². The quantitative estimate of drug-likeness (QED) is 0.789. The SMILES string of the molecule is CC(C)[C@H](NC(=O)N(C)CC1CCCC1)C(=O)O. The Hall–Kier alpha value is -1.26. The summed E-state index contributed by atoms with van der Waals surface area (Å²) in [5.41, 5.74) is 0. The van der Waals surface area contributed by atoms with Crippen LogP contribution in [0.15, 0.2) is 0 Å². The molecule has 0 radical (unpaired) electrons. The lowest BCUT2D eigenvalue weighted by atomic mass is 10.1. The molecule has 104 valence electrons. The Bertz CT molecular complexity index is 299. The van der Waals surface area contributed by atoms with Crippen molar-refractivity contribution in [3.8, 4) is 0 Å². The van der Waals surface area contributed by atoms with Gasteiger partial charge in [0, 0.05) is 13.6 Å². The van der Waals surface area contributed by atoms with Gasteiger partial charge in [0.15, 0.2) is 0 Å². The molecule has 1 rings (SSSR count). The first kappa shape index (κ1) is 14.8. The molecule has 0 heterocycles. The Kier molecular flexibility index (Phi) is 5.44. The molecule has 0 saturated heterocycles. The van der Waals surface area contributed by atoms with Gasteiger partial charge >= 0.3 is 12.0 Å². The van der Waals surface area contributed by atoms with Crippen LogP contribution in [0.4, 0.5) is 4.79 Å². The molecule has 2 amide bonds. The minimum Gasteiger partial charge on any atom is -0.480 e. The lowest BCUT2D eigenvalue weighted by molar-refractivity contribution is -0.140. The topological polar surface area (TPSA) is 69.6 Å². The minimum atomic E-state index is -0.979. The Labute approximate surface area is 109 Å². The molecule has 1 saturated carbocycles. The summed E-state index contributed by atoms with van der Waals surface area (Å²) in [5.74, 6) is -0.526. The zero-order chi connectivity index (χ0) is 13.7. The highest BCUT2D eigenvalue weighted by Gasteiger charge is 2.26. The van der Waals surface area contributed by atoms with Crippen LogP contribution in [0.3, 0.4) is 0 Å². The van der Waals surface area contributed by atoms with Gasteiger partial charge in [-0.2, -0.15) is 0 Å². The van der Waals surface area contributed by atoms with E-state index >= 15 is 0 Å². The summed E-state index contributed by atoms with van der Waals surface area (Å²) < 4.78 is 0. The fraction of sp³-hybridized carbons (Fsp3) is 0.846. The molecule has 1 aliphatic rings. The average molecular weight is 256 g/mol. The van der Waals surface area contributed by atoms with E-state index in [4.69, 9.17) is 5.11 Å². The largest absolute Gasteiger partial charge is 0.480 e. The highest BCUT2D eigenvalue weighted by molar-refractivity contribution is 5.82. The molecule has 5 nitrogen and oxygen atoms in total. The van der Waals surface area contributed by atoms with Gasteiger partial charge < -0.3 is 15.3 Å². The van der Waals surface area contributed by atoms with Gasteiger partial charge in [0.1, 0.15) is 6.04 Å². The molecule has 0 aromatic heterocycles. The van der Waals surface area contributed by atoms with Crippen molar-refractivity contribution in [3.63, 3.8) is 0 Å². The van der Waals surface area contributed by atoms with Gasteiger partial charge in [0.25, 0.3) is 0 Å². The van der Waals surface area contributed by atoms with Crippen molar-refractivity contribution in [2.45, 2.75) is 45.6 Å². The van der Waals surface area contributed by atoms with Crippen LogP contribution in [0.1, 0.15) is 39.5 Å². The number of rotatable bonds is 5. The van der Waals surface area contributed by atoms with Gasteiger partial charge in [-0.15, -0.1) is 0 Å². The molecule has 0 aromatic carbocycles. The molecule has 2 N–H and O–H groups in total. The van der Waals surface area contributed by atoms with Gasteiger partial charge in [-0.05, 0) is 24.7 Å². The monoisotopic (exact) mass is 256 g/mol. The number of carboxylic acids is 1. The minimum absolute atomic E-state index is 0.119. The van der Waals surface area contributed by atoms with Crippen molar-refractivity contribution in [1.82, 2.24) is 10.2 Å². The fourth-order valence-corrected chi connectivity index (χ4v) is 2.42. The number of hydrogen-bond acceptors (Lipinski definition) is 2. The van der Waals surface area contributed by atoms with E-state index < -0.39 is 12.0 Å². The number of carbonyl (C=O) groups is 2. The van der Waals surface area contributed by atoms with Gasteiger partial charge in [-0.1, -0.05) is 26.7 Å². The maximum Gasteiger partial charge on any atom is 0.326 e. The van der Waals surface area contributed by atoms with E-state index in [-0.39, 0.29) is 11.9 Å². The molecule has 1 fully saturated rings. The average Bonchev–Trinajstić information content (AvgIpc) is 2.77. The van der Waals surface area contributed by atoms with Crippen LogP contribution in [0.2, 0.25) is 0 Å². The molecular formula is C13H24N2O3. The van der Waals surface area contributed by atoms with Crippen molar-refractivity contribution in [2.75, 3.05) is 13.6 Å². The van der Waals surface area contributed by atoms with Crippen LogP contribution in [0.5, 0.6) is 0 Å². The summed E-state index contributed by atoms with van der Waals surface area (Å²) >= 11 is 0. The number of nitrogens with zero attached hydrogens (tertiary/aromatic N) is 1. The van der Waals surface area contributed by atoms with Gasteiger partial charge in [-0.25, -0.2) is 9.59 Å². The van der Waals surface area contributed by atoms with Crippen LogP contribution in [-0.4, -0.2) is 41.6 Å². The maximum absolute atomic E-state index is 11.9. The number of amides is 2. The second-order valence-corrected chi connectivity index (χ2v) is 5.54. The van der Waals surface area contributed by atoms with E-state index in [1.165, 1.54) is 25.7 Å². The number of aliphatic carboxylic acids is 1. The highest BCUT2D eigenvalue weighted by Crippen LogP contribution is 2.25. The first-order valence-corrected chi connectivity index (χ1v) is 6.66. The lowest BCUT2D eigenvalue weighted by Gasteiger charge is -2.25. The van der Waals surface area contributed by atoms with Crippen LogP contribution < -0.4 is 5.32 Å². The van der Waals surface area contributed by atoms with E-state index in [0.717, 1.165) is 6.54 Å². The zero-order valence-electron chi connectivity index (χ0n) is 11.5. The maximum atomic E-state index is 11.9. The molecule has 0 spiro atoms. The number of hydrogen-bond donors (Lipinski definition) is 2. The lowest BCUT2D eigenvalue weighted by Crippen LogP contribution is -2.49. The first-order chi connectivity index (χ1) is 8.41. The van der Waals surface area contributed by atoms with E-state index in [2.05, 4.69) is 5.32 Å². The second-order valence-electron chi connectivity index (χ2n) is 5.54. The standard InChI is InChI=1S/C13H24N2O3/c1-9(2)11(12(16)17)14-13(18)15(3)8-10-6-4-5-7-10/h9-11H,4-8H2,1-3H3,(H,14,18)(H,16,17)/t11-/m0/s1. The summed E-state index contributed by atoms with van der Waals surface area (Å²) in [7, 11) is 1.73. The van der Waals surface area contributed by atoms with Crippen molar-refractivity contribution in [3.05, 3.63) is 0 Å². The molecule has 0 unspecified atom stereocenters. The van der Waals surface area contributed by atoms with Crippen molar-refractivity contribution < 1.29 is 14.7 Å².